The molecule has 0 saturated carbocycles. The van der Waals surface area contributed by atoms with Crippen LogP contribution in [0.5, 0.6) is 0 Å². The van der Waals surface area contributed by atoms with Gasteiger partial charge in [-0.3, -0.25) is 10.1 Å². The minimum atomic E-state index is -0.629. The van der Waals surface area contributed by atoms with Crippen molar-refractivity contribution < 1.29 is 24.0 Å². The predicted molar refractivity (Wildman–Crippen MR) is 91.5 cm³/mol. The number of non-ortho nitro benzene ring substituents is 1. The third kappa shape index (κ3) is 3.48. The number of nitro groups is 1. The van der Waals surface area contributed by atoms with Crippen molar-refractivity contribution in [3.05, 3.63) is 81.0 Å². The zero-order valence-corrected chi connectivity index (χ0v) is 13.5. The van der Waals surface area contributed by atoms with Crippen LogP contribution in [0.15, 0.2) is 59.2 Å². The first-order chi connectivity index (χ1) is 12.5. The molecule has 8 nitrogen and oxygen atoms in total. The largest absolute Gasteiger partial charge is 0.465 e. The smallest absolute Gasteiger partial charge is 0.363 e. The molecule has 8 heteroatoms. The van der Waals surface area contributed by atoms with Crippen LogP contribution >= 0.6 is 0 Å². The molecule has 1 heterocycles. The van der Waals surface area contributed by atoms with Gasteiger partial charge < -0.3 is 9.47 Å². The summed E-state index contributed by atoms with van der Waals surface area (Å²) in [5, 5.41) is 10.7. The lowest BCUT2D eigenvalue weighted by molar-refractivity contribution is -0.384. The number of carbonyl (C=O) groups is 2. The molecule has 1 aliphatic heterocycles. The SMILES string of the molecule is COC(=O)c1ccc(/C=C2\N=C(c3ccc([N+](=O)[O-])cc3)OC2=O)cc1. The average molecular weight is 352 g/mol. The van der Waals surface area contributed by atoms with Crippen molar-refractivity contribution in [2.45, 2.75) is 0 Å². The molecule has 0 aliphatic carbocycles. The van der Waals surface area contributed by atoms with E-state index in [1.165, 1.54) is 37.5 Å². The molecule has 2 aromatic carbocycles. The lowest BCUT2D eigenvalue weighted by Crippen LogP contribution is -2.05. The van der Waals surface area contributed by atoms with Crippen LogP contribution in [-0.4, -0.2) is 29.9 Å². The third-order valence-corrected chi connectivity index (χ3v) is 3.58. The molecule has 0 unspecified atom stereocenters. The van der Waals surface area contributed by atoms with Gasteiger partial charge in [-0.25, -0.2) is 14.6 Å². The van der Waals surface area contributed by atoms with E-state index < -0.39 is 16.9 Å². The molecule has 3 rings (SSSR count). The zero-order valence-electron chi connectivity index (χ0n) is 13.5. The fourth-order valence-electron chi connectivity index (χ4n) is 2.25. The van der Waals surface area contributed by atoms with Crippen LogP contribution in [0.2, 0.25) is 0 Å². The van der Waals surface area contributed by atoms with Crippen LogP contribution in [0.4, 0.5) is 5.69 Å². The number of nitrogens with zero attached hydrogens (tertiary/aromatic N) is 2. The van der Waals surface area contributed by atoms with Gasteiger partial charge in [0.25, 0.3) is 5.69 Å². The Morgan fingerprint density at radius 1 is 1.15 bits per heavy atom. The molecule has 0 amide bonds. The second-order valence-corrected chi connectivity index (χ2v) is 5.25. The Kier molecular flexibility index (Phi) is 4.57. The molecular weight excluding hydrogens is 340 g/mol. The van der Waals surface area contributed by atoms with E-state index in [1.54, 1.807) is 24.3 Å². The number of cyclic esters (lactones) is 1. The molecule has 1 aliphatic rings. The van der Waals surface area contributed by atoms with E-state index in [2.05, 4.69) is 9.73 Å². The number of carbonyl (C=O) groups excluding carboxylic acids is 2. The highest BCUT2D eigenvalue weighted by molar-refractivity contribution is 6.12. The highest BCUT2D eigenvalue weighted by atomic mass is 16.6. The first-order valence-corrected chi connectivity index (χ1v) is 7.43. The minimum Gasteiger partial charge on any atom is -0.465 e. The van der Waals surface area contributed by atoms with E-state index in [-0.39, 0.29) is 17.3 Å². The maximum Gasteiger partial charge on any atom is 0.363 e. The van der Waals surface area contributed by atoms with Crippen LogP contribution < -0.4 is 0 Å². The fourth-order valence-corrected chi connectivity index (χ4v) is 2.25. The highest BCUT2D eigenvalue weighted by Crippen LogP contribution is 2.21. The first-order valence-electron chi connectivity index (χ1n) is 7.43. The van der Waals surface area contributed by atoms with Gasteiger partial charge in [0.1, 0.15) is 0 Å². The van der Waals surface area contributed by atoms with Gasteiger partial charge in [-0.1, -0.05) is 12.1 Å². The number of hydrogen-bond donors (Lipinski definition) is 0. The van der Waals surface area contributed by atoms with E-state index in [4.69, 9.17) is 4.74 Å². The van der Waals surface area contributed by atoms with Crippen LogP contribution in [0, 0.1) is 10.1 Å². The number of nitro benzene ring substituents is 1. The van der Waals surface area contributed by atoms with Crippen molar-refractivity contribution in [1.82, 2.24) is 0 Å². The maximum absolute atomic E-state index is 12.0. The summed E-state index contributed by atoms with van der Waals surface area (Å²) >= 11 is 0. The summed E-state index contributed by atoms with van der Waals surface area (Å²) in [6, 6.07) is 11.9. The van der Waals surface area contributed by atoms with E-state index in [0.29, 0.717) is 16.7 Å². The molecule has 0 bridgehead atoms. The number of aliphatic imine (C=N–C) groups is 1. The molecular formula is C18H12N2O6. The Labute approximate surface area is 147 Å². The Bertz CT molecular complexity index is 943. The maximum atomic E-state index is 12.0. The summed E-state index contributed by atoms with van der Waals surface area (Å²) in [5.74, 6) is -1.01. The van der Waals surface area contributed by atoms with Gasteiger partial charge in [0.15, 0.2) is 5.70 Å². The summed E-state index contributed by atoms with van der Waals surface area (Å²) in [4.78, 5) is 37.7. The van der Waals surface area contributed by atoms with Gasteiger partial charge in [0.2, 0.25) is 5.90 Å². The van der Waals surface area contributed by atoms with Crippen molar-refractivity contribution in [2.24, 2.45) is 4.99 Å². The summed E-state index contributed by atoms with van der Waals surface area (Å²) in [6.45, 7) is 0. The highest BCUT2D eigenvalue weighted by Gasteiger charge is 2.24. The topological polar surface area (TPSA) is 108 Å². The molecule has 0 fully saturated rings. The second kappa shape index (κ2) is 6.98. The van der Waals surface area contributed by atoms with Crippen LogP contribution in [-0.2, 0) is 14.3 Å². The Balaban J connectivity index is 1.84. The van der Waals surface area contributed by atoms with E-state index in [1.807, 2.05) is 0 Å². The number of methoxy groups -OCH3 is 1. The molecule has 0 spiro atoms. The molecule has 0 atom stereocenters. The number of benzene rings is 2. The van der Waals surface area contributed by atoms with Crippen LogP contribution in [0.3, 0.4) is 0 Å². The molecule has 0 aromatic heterocycles. The molecule has 0 radical (unpaired) electrons. The van der Waals surface area contributed by atoms with Gasteiger partial charge >= 0.3 is 11.9 Å². The van der Waals surface area contributed by atoms with Gasteiger partial charge in [-0.15, -0.1) is 0 Å². The quantitative estimate of drug-likeness (QED) is 0.362. The Morgan fingerprint density at radius 3 is 2.38 bits per heavy atom. The van der Waals surface area contributed by atoms with E-state index in [9.17, 15) is 19.7 Å². The first kappa shape index (κ1) is 17.0. The van der Waals surface area contributed by atoms with Crippen molar-refractivity contribution in [3.63, 3.8) is 0 Å². The zero-order chi connectivity index (χ0) is 18.7. The van der Waals surface area contributed by atoms with Crippen molar-refractivity contribution in [3.8, 4) is 0 Å². The standard InChI is InChI=1S/C18H12N2O6/c1-25-17(21)13-4-2-11(3-5-13)10-15-18(22)26-16(19-15)12-6-8-14(9-7-12)20(23)24/h2-10H,1H3/b15-10-. The number of rotatable bonds is 4. The normalized spacial score (nSPS) is 14.7. The summed E-state index contributed by atoms with van der Waals surface area (Å²) in [5.41, 5.74) is 1.51. The predicted octanol–water partition coefficient (Wildman–Crippen LogP) is 2.73. The third-order valence-electron chi connectivity index (χ3n) is 3.58. The van der Waals surface area contributed by atoms with E-state index in [0.717, 1.165) is 0 Å². The van der Waals surface area contributed by atoms with Gasteiger partial charge in [-0.05, 0) is 35.9 Å². The molecule has 0 N–H and O–H groups in total. The van der Waals surface area contributed by atoms with Gasteiger partial charge in [-0.2, -0.15) is 0 Å². The van der Waals surface area contributed by atoms with E-state index >= 15 is 0 Å². The Morgan fingerprint density at radius 2 is 1.81 bits per heavy atom. The average Bonchev–Trinajstić information content (AvgIpc) is 3.02. The van der Waals surface area contributed by atoms with Gasteiger partial charge in [0, 0.05) is 17.7 Å². The van der Waals surface area contributed by atoms with Gasteiger partial charge in [0.05, 0.1) is 17.6 Å². The summed E-state index contributed by atoms with van der Waals surface area (Å²) in [6.07, 6.45) is 1.52. The van der Waals surface area contributed by atoms with Crippen molar-refractivity contribution >= 4 is 29.6 Å². The number of ether oxygens (including phenoxy) is 2. The molecule has 130 valence electrons. The van der Waals surface area contributed by atoms with Crippen molar-refractivity contribution in [1.29, 1.82) is 0 Å². The van der Waals surface area contributed by atoms with Crippen molar-refractivity contribution in [2.75, 3.05) is 7.11 Å². The van der Waals surface area contributed by atoms with Crippen LogP contribution in [0.1, 0.15) is 21.5 Å². The number of hydrogen-bond acceptors (Lipinski definition) is 7. The Hall–Kier alpha value is -3.81. The minimum absolute atomic E-state index is 0.0693. The molecule has 26 heavy (non-hydrogen) atoms. The lowest BCUT2D eigenvalue weighted by Gasteiger charge is -1.99. The lowest BCUT2D eigenvalue weighted by atomic mass is 10.1. The summed E-state index contributed by atoms with van der Waals surface area (Å²) < 4.78 is 9.73. The number of esters is 2. The fraction of sp³-hybridized carbons (Fsp3) is 0.0556. The summed E-state index contributed by atoms with van der Waals surface area (Å²) in [7, 11) is 1.29. The van der Waals surface area contributed by atoms with Crippen LogP contribution in [0.25, 0.3) is 6.08 Å². The second-order valence-electron chi connectivity index (χ2n) is 5.25. The molecule has 2 aromatic rings. The molecule has 0 saturated heterocycles. The monoisotopic (exact) mass is 352 g/mol.